The van der Waals surface area contributed by atoms with Gasteiger partial charge in [0.2, 0.25) is 0 Å². The Bertz CT molecular complexity index is 498. The Hall–Kier alpha value is -0.910. The third-order valence-electron chi connectivity index (χ3n) is 3.15. The van der Waals surface area contributed by atoms with Crippen LogP contribution in [-0.4, -0.2) is 43.2 Å². The molecule has 0 aliphatic carbocycles. The van der Waals surface area contributed by atoms with Crippen LogP contribution < -0.4 is 0 Å². The van der Waals surface area contributed by atoms with Gasteiger partial charge < -0.3 is 0 Å². The van der Waals surface area contributed by atoms with E-state index >= 15 is 0 Å². The van der Waals surface area contributed by atoms with E-state index < -0.39 is 10.2 Å². The van der Waals surface area contributed by atoms with Crippen LogP contribution in [0, 0.1) is 0 Å². The summed E-state index contributed by atoms with van der Waals surface area (Å²) in [5.41, 5.74) is 0.913. The van der Waals surface area contributed by atoms with Gasteiger partial charge in [-0.25, -0.2) is 0 Å². The van der Waals surface area contributed by atoms with Crippen molar-refractivity contribution in [3.8, 4) is 0 Å². The fourth-order valence-corrected chi connectivity index (χ4v) is 3.47. The van der Waals surface area contributed by atoms with Gasteiger partial charge in [-0.2, -0.15) is 17.0 Å². The van der Waals surface area contributed by atoms with Crippen LogP contribution in [0.15, 0.2) is 30.3 Å². The molecule has 2 rings (SSSR count). The van der Waals surface area contributed by atoms with Gasteiger partial charge in [-0.15, -0.1) is 0 Å². The molecule has 4 nitrogen and oxygen atoms in total. The zero-order valence-electron chi connectivity index (χ0n) is 10.4. The topological polar surface area (TPSA) is 40.4 Å². The molecule has 1 aromatic rings. The fourth-order valence-electron chi connectivity index (χ4n) is 2.01. The second-order valence-electron chi connectivity index (χ2n) is 4.96. The van der Waals surface area contributed by atoms with Crippen molar-refractivity contribution in [2.75, 3.05) is 20.6 Å². The van der Waals surface area contributed by atoms with E-state index in [4.69, 9.17) is 0 Å². The van der Waals surface area contributed by atoms with E-state index in [1.165, 1.54) is 9.87 Å². The Balaban J connectivity index is 2.11. The molecule has 0 amide bonds. The van der Waals surface area contributed by atoms with E-state index in [9.17, 15) is 8.42 Å². The summed E-state index contributed by atoms with van der Waals surface area (Å²) in [6.07, 6.45) is 0.765. The number of hydrogen-bond acceptors (Lipinski definition) is 2. The van der Waals surface area contributed by atoms with Gasteiger partial charge >= 0.3 is 0 Å². The first kappa shape index (κ1) is 12.5. The summed E-state index contributed by atoms with van der Waals surface area (Å²) in [6, 6.07) is 9.98. The molecule has 0 spiro atoms. The van der Waals surface area contributed by atoms with Crippen LogP contribution in [0.2, 0.25) is 0 Å². The monoisotopic (exact) mass is 254 g/mol. The van der Waals surface area contributed by atoms with Crippen LogP contribution in [0.25, 0.3) is 0 Å². The minimum absolute atomic E-state index is 0.259. The Labute approximate surface area is 103 Å². The quantitative estimate of drug-likeness (QED) is 0.755. The van der Waals surface area contributed by atoms with E-state index in [2.05, 4.69) is 0 Å². The number of benzene rings is 1. The van der Waals surface area contributed by atoms with Crippen LogP contribution in [-0.2, 0) is 16.6 Å². The first-order chi connectivity index (χ1) is 7.86. The van der Waals surface area contributed by atoms with E-state index in [-0.39, 0.29) is 5.54 Å². The molecule has 17 heavy (non-hydrogen) atoms. The van der Waals surface area contributed by atoms with Gasteiger partial charge in [0.05, 0.1) is 5.54 Å². The van der Waals surface area contributed by atoms with Crippen molar-refractivity contribution in [3.63, 3.8) is 0 Å². The Morgan fingerprint density at radius 2 is 1.88 bits per heavy atom. The largest absolute Gasteiger partial charge is 0.282 e. The summed E-state index contributed by atoms with van der Waals surface area (Å²) in [7, 11) is -0.133. The number of rotatable bonds is 4. The van der Waals surface area contributed by atoms with Crippen LogP contribution >= 0.6 is 0 Å². The van der Waals surface area contributed by atoms with Crippen LogP contribution in [0.4, 0.5) is 0 Å². The average Bonchev–Trinajstić information content (AvgIpc) is 2.92. The molecule has 2 atom stereocenters. The molecule has 0 saturated carbocycles. The number of hydrogen-bond donors (Lipinski definition) is 0. The lowest BCUT2D eigenvalue weighted by Gasteiger charge is -2.16. The summed E-state index contributed by atoms with van der Waals surface area (Å²) in [4.78, 5) is 0. The highest BCUT2D eigenvalue weighted by Crippen LogP contribution is 2.38. The van der Waals surface area contributed by atoms with Gasteiger partial charge in [-0.05, 0) is 18.9 Å². The summed E-state index contributed by atoms with van der Waals surface area (Å²) in [6.45, 7) is 2.59. The van der Waals surface area contributed by atoms with Crippen molar-refractivity contribution in [1.29, 1.82) is 0 Å². The Morgan fingerprint density at radius 3 is 2.41 bits per heavy atom. The molecular weight excluding hydrogens is 236 g/mol. The lowest BCUT2D eigenvalue weighted by molar-refractivity contribution is 0.454. The van der Waals surface area contributed by atoms with Crippen molar-refractivity contribution in [2.45, 2.75) is 18.9 Å². The molecule has 1 aromatic carbocycles. The minimum atomic E-state index is -3.26. The molecule has 0 radical (unpaired) electrons. The maximum atomic E-state index is 12.0. The highest BCUT2D eigenvalue weighted by Gasteiger charge is 2.55. The van der Waals surface area contributed by atoms with E-state index in [1.54, 1.807) is 18.4 Å². The zero-order chi connectivity index (χ0) is 12.7. The zero-order valence-corrected chi connectivity index (χ0v) is 11.2. The summed E-state index contributed by atoms with van der Waals surface area (Å²) < 4.78 is 26.7. The summed E-state index contributed by atoms with van der Waals surface area (Å²) in [5, 5.41) is 0. The normalized spacial score (nSPS) is 28.4. The van der Waals surface area contributed by atoms with Gasteiger partial charge in [-0.3, -0.25) is 0 Å². The average molecular weight is 254 g/mol. The predicted molar refractivity (Wildman–Crippen MR) is 67.9 cm³/mol. The highest BCUT2D eigenvalue weighted by atomic mass is 32.2. The molecule has 0 aromatic heterocycles. The Kier molecular flexibility index (Phi) is 3.01. The maximum Gasteiger partial charge on any atom is 0.282 e. The first-order valence-electron chi connectivity index (χ1n) is 5.60. The van der Waals surface area contributed by atoms with Gasteiger partial charge in [0.25, 0.3) is 10.2 Å². The minimum Gasteiger partial charge on any atom is -0.195 e. The van der Waals surface area contributed by atoms with Gasteiger partial charge in [0.15, 0.2) is 0 Å². The molecule has 2 unspecified atom stereocenters. The van der Waals surface area contributed by atoms with Crippen molar-refractivity contribution in [2.24, 2.45) is 0 Å². The van der Waals surface area contributed by atoms with Crippen molar-refractivity contribution < 1.29 is 8.42 Å². The lowest BCUT2D eigenvalue weighted by Crippen LogP contribution is -2.33. The van der Waals surface area contributed by atoms with Gasteiger partial charge in [-0.1, -0.05) is 30.3 Å². The van der Waals surface area contributed by atoms with Crippen molar-refractivity contribution in [3.05, 3.63) is 35.9 Å². The van der Waals surface area contributed by atoms with Gasteiger partial charge in [0, 0.05) is 20.6 Å². The van der Waals surface area contributed by atoms with E-state index in [0.717, 1.165) is 6.42 Å². The molecule has 1 aliphatic heterocycles. The fraction of sp³-hybridized carbons (Fsp3) is 0.500. The molecular formula is C12H18N2O2S. The van der Waals surface area contributed by atoms with E-state index in [0.29, 0.717) is 6.54 Å². The van der Waals surface area contributed by atoms with E-state index in [1.807, 2.05) is 37.3 Å². The SMILES string of the molecule is CN(C)S(=O)(=O)N1CC1(C)Cc1ccccc1. The number of nitrogens with zero attached hydrogens (tertiary/aromatic N) is 2. The second-order valence-corrected chi connectivity index (χ2v) is 7.02. The smallest absolute Gasteiger partial charge is 0.195 e. The standard InChI is InChI=1S/C12H18N2O2S/c1-12(9-11-7-5-4-6-8-11)10-14(12)17(15,16)13(2)3/h4-8H,9-10H2,1-3H3. The molecule has 5 heteroatoms. The second kappa shape index (κ2) is 4.08. The highest BCUT2D eigenvalue weighted by molar-refractivity contribution is 7.87. The van der Waals surface area contributed by atoms with Gasteiger partial charge in [0.1, 0.15) is 0 Å². The molecule has 1 heterocycles. The molecule has 0 bridgehead atoms. The molecule has 1 saturated heterocycles. The maximum absolute atomic E-state index is 12.0. The third-order valence-corrected chi connectivity index (χ3v) is 5.20. The molecule has 1 fully saturated rings. The van der Waals surface area contributed by atoms with Crippen LogP contribution in [0.3, 0.4) is 0 Å². The van der Waals surface area contributed by atoms with Crippen molar-refractivity contribution in [1.82, 2.24) is 8.61 Å². The third kappa shape index (κ3) is 2.36. The Morgan fingerprint density at radius 1 is 1.29 bits per heavy atom. The summed E-state index contributed by atoms with van der Waals surface area (Å²) >= 11 is 0. The molecule has 1 aliphatic rings. The first-order valence-corrected chi connectivity index (χ1v) is 7.00. The molecule has 0 N–H and O–H groups in total. The van der Waals surface area contributed by atoms with Crippen LogP contribution in [0.1, 0.15) is 12.5 Å². The lowest BCUT2D eigenvalue weighted by atomic mass is 10.0. The van der Waals surface area contributed by atoms with Crippen LogP contribution in [0.5, 0.6) is 0 Å². The summed E-state index contributed by atoms with van der Waals surface area (Å²) in [5.74, 6) is 0. The molecule has 94 valence electrons. The predicted octanol–water partition coefficient (Wildman–Crippen LogP) is 1.11. The van der Waals surface area contributed by atoms with Crippen molar-refractivity contribution >= 4 is 10.2 Å².